The van der Waals surface area contributed by atoms with Gasteiger partial charge in [0.15, 0.2) is 25.0 Å². The Balaban J connectivity index is 5.38. The van der Waals surface area contributed by atoms with Gasteiger partial charge in [-0.05, 0) is 71.9 Å². The minimum absolute atomic E-state index is 0.881. The molecule has 0 unspecified atom stereocenters. The van der Waals surface area contributed by atoms with Crippen molar-refractivity contribution >= 4 is 33.9 Å². The topological polar surface area (TPSA) is 39.7 Å². The van der Waals surface area contributed by atoms with Gasteiger partial charge in [0.05, 0.1) is 0 Å². The largest absolute Gasteiger partial charge is 0.565 e. The van der Waals surface area contributed by atoms with Crippen LogP contribution >= 0.6 is 0 Å². The van der Waals surface area contributed by atoms with E-state index in [-0.39, 0.29) is 0 Å². The van der Waals surface area contributed by atoms with E-state index in [1.807, 2.05) is 0 Å². The fraction of sp³-hybridized carbons (Fsp3) is 1.00. The van der Waals surface area contributed by atoms with Crippen molar-refractivity contribution in [1.82, 2.24) is 4.98 Å². The van der Waals surface area contributed by atoms with E-state index < -0.39 is 33.9 Å². The van der Waals surface area contributed by atoms with E-state index in [4.69, 9.17) is 12.3 Å². The number of hydrogen-bond donors (Lipinski definition) is 1. The average Bonchev–Trinajstić information content (AvgIpc) is 2.05. The predicted molar refractivity (Wildman–Crippen MR) is 97.3 cm³/mol. The van der Waals surface area contributed by atoms with Gasteiger partial charge in [-0.2, -0.15) is 0 Å². The monoisotopic (exact) mass is 353 g/mol. The maximum atomic E-state index is 6.47. The molecule has 122 valence electrons. The molecule has 0 rings (SSSR count). The lowest BCUT2D eigenvalue weighted by atomic mass is 10.5. The van der Waals surface area contributed by atoms with Gasteiger partial charge in [-0.25, -0.2) is 0 Å². The van der Waals surface area contributed by atoms with Crippen molar-refractivity contribution in [2.24, 2.45) is 0 Å². The summed E-state index contributed by atoms with van der Waals surface area (Å²) in [5.74, 6) is 0. The molecule has 0 aliphatic carbocycles. The lowest BCUT2D eigenvalue weighted by Crippen LogP contribution is -2.68. The molecular formula is C12H35NO3Si4. The first-order chi connectivity index (χ1) is 8.68. The van der Waals surface area contributed by atoms with E-state index in [2.05, 4.69) is 70.8 Å². The molecule has 0 aromatic heterocycles. The maximum absolute atomic E-state index is 6.47. The Morgan fingerprint density at radius 3 is 1.15 bits per heavy atom. The van der Waals surface area contributed by atoms with E-state index in [0.717, 1.165) is 13.0 Å². The van der Waals surface area contributed by atoms with Gasteiger partial charge in [0, 0.05) is 0 Å². The highest BCUT2D eigenvalue weighted by atomic mass is 28.5. The Morgan fingerprint density at radius 2 is 0.950 bits per heavy atom. The lowest BCUT2D eigenvalue weighted by Gasteiger charge is -2.42. The van der Waals surface area contributed by atoms with Crippen LogP contribution in [0.4, 0.5) is 0 Å². The normalized spacial score (nSPS) is 14.7. The fourth-order valence-electron chi connectivity index (χ4n) is 1.66. The average molecular weight is 354 g/mol. The minimum Gasteiger partial charge on any atom is -0.405 e. The summed E-state index contributed by atoms with van der Waals surface area (Å²) in [6.45, 7) is 22.8. The van der Waals surface area contributed by atoms with Gasteiger partial charge in [-0.1, -0.05) is 6.92 Å². The summed E-state index contributed by atoms with van der Waals surface area (Å²) in [7, 11) is -8.03. The predicted octanol–water partition coefficient (Wildman–Crippen LogP) is 3.98. The molecule has 1 N–H and O–H groups in total. The molecule has 0 spiro atoms. The number of hydrogen-bond acceptors (Lipinski definition) is 4. The van der Waals surface area contributed by atoms with Crippen LogP contribution in [0.3, 0.4) is 0 Å². The van der Waals surface area contributed by atoms with E-state index in [1.54, 1.807) is 0 Å². The Hall–Kier alpha value is 0.708. The number of rotatable bonds is 9. The molecule has 0 atom stereocenters. The highest BCUT2D eigenvalue weighted by molar-refractivity contribution is 6.89. The Labute approximate surface area is 130 Å². The SMILES string of the molecule is CCCN[Si](O[Si](C)(C)C)(O[Si](C)(C)C)O[Si](C)(C)C. The van der Waals surface area contributed by atoms with Crippen LogP contribution in [0.15, 0.2) is 0 Å². The Bertz CT molecular complexity index is 254. The highest BCUT2D eigenvalue weighted by Gasteiger charge is 2.50. The molecule has 0 aliphatic rings. The van der Waals surface area contributed by atoms with Crippen LogP contribution in [0.25, 0.3) is 0 Å². The smallest absolute Gasteiger partial charge is 0.405 e. The molecular weight excluding hydrogens is 318 g/mol. The summed E-state index contributed by atoms with van der Waals surface area (Å²) in [6.07, 6.45) is 1.05. The first-order valence-corrected chi connectivity index (χ1v) is 19.5. The van der Waals surface area contributed by atoms with Crippen LogP contribution in [0.2, 0.25) is 58.9 Å². The van der Waals surface area contributed by atoms with Crippen molar-refractivity contribution in [2.45, 2.75) is 72.3 Å². The van der Waals surface area contributed by atoms with Gasteiger partial charge in [0.25, 0.3) is 0 Å². The van der Waals surface area contributed by atoms with Crippen LogP contribution in [-0.4, -0.2) is 40.5 Å². The highest BCUT2D eigenvalue weighted by Crippen LogP contribution is 2.23. The van der Waals surface area contributed by atoms with Gasteiger partial charge in [0.2, 0.25) is 0 Å². The molecule has 0 fully saturated rings. The fourth-order valence-corrected chi connectivity index (χ4v) is 14.4. The summed E-state index contributed by atoms with van der Waals surface area (Å²) >= 11 is 0. The number of nitrogens with one attached hydrogen (secondary N) is 1. The van der Waals surface area contributed by atoms with Crippen molar-refractivity contribution < 1.29 is 12.3 Å². The summed E-state index contributed by atoms with van der Waals surface area (Å²) in [6, 6.07) is 0. The third-order valence-electron chi connectivity index (χ3n) is 1.91. The van der Waals surface area contributed by atoms with E-state index in [0.29, 0.717) is 0 Å². The molecule has 0 amide bonds. The van der Waals surface area contributed by atoms with Crippen LogP contribution in [0.5, 0.6) is 0 Å². The molecule has 0 radical (unpaired) electrons. The van der Waals surface area contributed by atoms with Crippen LogP contribution < -0.4 is 4.98 Å². The van der Waals surface area contributed by atoms with E-state index in [1.165, 1.54) is 0 Å². The second-order valence-electron chi connectivity index (χ2n) is 8.13. The minimum atomic E-state index is -2.79. The Kier molecular flexibility index (Phi) is 7.57. The van der Waals surface area contributed by atoms with Crippen molar-refractivity contribution in [2.75, 3.05) is 6.54 Å². The van der Waals surface area contributed by atoms with E-state index >= 15 is 0 Å². The zero-order valence-corrected chi connectivity index (χ0v) is 19.1. The van der Waals surface area contributed by atoms with Gasteiger partial charge >= 0.3 is 8.97 Å². The first-order valence-electron chi connectivity index (χ1n) is 7.54. The zero-order chi connectivity index (χ0) is 16.2. The second-order valence-corrected chi connectivity index (χ2v) is 24.7. The third-order valence-corrected chi connectivity index (χ3v) is 13.2. The quantitative estimate of drug-likeness (QED) is 0.637. The summed E-state index contributed by atoms with van der Waals surface area (Å²) in [4.78, 5) is 3.53. The summed E-state index contributed by atoms with van der Waals surface area (Å²) < 4.78 is 19.4. The maximum Gasteiger partial charge on any atom is 0.565 e. The van der Waals surface area contributed by atoms with Gasteiger partial charge in [-0.3, -0.25) is 4.98 Å². The third kappa shape index (κ3) is 10.4. The molecule has 0 aromatic carbocycles. The lowest BCUT2D eigenvalue weighted by molar-refractivity contribution is 0.234. The van der Waals surface area contributed by atoms with Crippen molar-refractivity contribution in [3.05, 3.63) is 0 Å². The van der Waals surface area contributed by atoms with Crippen LogP contribution in [0, 0.1) is 0 Å². The summed E-state index contributed by atoms with van der Waals surface area (Å²) in [5, 5.41) is 0. The molecule has 0 aromatic rings. The molecule has 8 heteroatoms. The molecule has 0 saturated heterocycles. The van der Waals surface area contributed by atoms with Gasteiger partial charge in [-0.15, -0.1) is 0 Å². The Morgan fingerprint density at radius 1 is 0.650 bits per heavy atom. The van der Waals surface area contributed by atoms with Gasteiger partial charge in [0.1, 0.15) is 0 Å². The van der Waals surface area contributed by atoms with E-state index in [9.17, 15) is 0 Å². The van der Waals surface area contributed by atoms with Crippen molar-refractivity contribution in [3.8, 4) is 0 Å². The first kappa shape index (κ1) is 20.7. The molecule has 4 nitrogen and oxygen atoms in total. The van der Waals surface area contributed by atoms with Gasteiger partial charge < -0.3 is 12.3 Å². The van der Waals surface area contributed by atoms with Crippen molar-refractivity contribution in [3.63, 3.8) is 0 Å². The molecule has 0 heterocycles. The molecule has 0 bridgehead atoms. The molecule has 0 saturated carbocycles. The molecule has 20 heavy (non-hydrogen) atoms. The standard InChI is InChI=1S/C12H35NO3Si4/c1-11-12-13-20(14-17(2,3)4,15-18(5,6)7)16-19(8,9)10/h13H,11-12H2,1-10H3. The summed E-state index contributed by atoms with van der Waals surface area (Å²) in [5.41, 5.74) is 0. The van der Waals surface area contributed by atoms with Crippen molar-refractivity contribution in [1.29, 1.82) is 0 Å². The van der Waals surface area contributed by atoms with Crippen LogP contribution in [-0.2, 0) is 12.3 Å². The molecule has 0 aliphatic heterocycles. The zero-order valence-electron chi connectivity index (χ0n) is 15.1. The second kappa shape index (κ2) is 7.31. The van der Waals surface area contributed by atoms with Crippen LogP contribution in [0.1, 0.15) is 13.3 Å².